The largest absolute Gasteiger partial charge is 0.302 e. The minimum absolute atomic E-state index is 0.0616. The molecule has 0 atom stereocenters. The molecule has 2 aliphatic rings. The summed E-state index contributed by atoms with van der Waals surface area (Å²) in [5.74, 6) is 1.85. The number of fused-ring (bicyclic) bond motifs is 2. The van der Waals surface area contributed by atoms with Crippen molar-refractivity contribution in [1.29, 1.82) is 0 Å². The van der Waals surface area contributed by atoms with E-state index in [0.29, 0.717) is 0 Å². The summed E-state index contributed by atoms with van der Waals surface area (Å²) in [5.41, 5.74) is 5.67. The number of para-hydroxylation sites is 4. The number of aromatic nitrogens is 2. The Kier molecular flexibility index (Phi) is 6.02. The lowest BCUT2D eigenvalue weighted by atomic mass is 10.0. The van der Waals surface area contributed by atoms with Gasteiger partial charge in [-0.1, -0.05) is 72.3 Å². The van der Waals surface area contributed by atoms with Crippen LogP contribution >= 0.6 is 0 Å². The van der Waals surface area contributed by atoms with Crippen LogP contribution in [0.15, 0.2) is 109 Å². The maximum Gasteiger partial charge on any atom is 0.179 e. The molecule has 0 saturated heterocycles. The second-order valence-corrected chi connectivity index (χ2v) is 9.26. The molecule has 0 bridgehead atoms. The van der Waals surface area contributed by atoms with Crippen molar-refractivity contribution in [2.45, 2.75) is 44.7 Å². The van der Waals surface area contributed by atoms with E-state index in [2.05, 4.69) is 101 Å². The van der Waals surface area contributed by atoms with Gasteiger partial charge in [-0.2, -0.15) is 0 Å². The van der Waals surface area contributed by atoms with Gasteiger partial charge in [0, 0.05) is 17.8 Å². The Morgan fingerprint density at radius 1 is 0.629 bits per heavy atom. The number of hydrogen-bond donors (Lipinski definition) is 0. The van der Waals surface area contributed by atoms with Gasteiger partial charge in [-0.3, -0.25) is 0 Å². The van der Waals surface area contributed by atoms with Gasteiger partial charge in [-0.25, -0.2) is 9.97 Å². The van der Waals surface area contributed by atoms with Crippen LogP contribution in [0.3, 0.4) is 0 Å². The number of rotatable bonds is 4. The average Bonchev–Trinajstić information content (AvgIpc) is 3.28. The van der Waals surface area contributed by atoms with Gasteiger partial charge in [0.05, 0.1) is 11.0 Å². The van der Waals surface area contributed by atoms with Gasteiger partial charge < -0.3 is 9.80 Å². The van der Waals surface area contributed by atoms with E-state index in [9.17, 15) is 0 Å². The number of allylic oxidation sites excluding steroid dienone is 3. The third-order valence-corrected chi connectivity index (χ3v) is 6.90. The molecule has 4 aromatic rings. The summed E-state index contributed by atoms with van der Waals surface area (Å²) in [7, 11) is 0. The molecule has 0 fully saturated rings. The zero-order valence-corrected chi connectivity index (χ0v) is 19.9. The van der Waals surface area contributed by atoms with Crippen LogP contribution in [0, 0.1) is 0 Å². The molecule has 1 aliphatic carbocycles. The quantitative estimate of drug-likeness (QED) is 0.289. The van der Waals surface area contributed by atoms with Crippen LogP contribution in [0.1, 0.15) is 38.5 Å². The van der Waals surface area contributed by atoms with Crippen molar-refractivity contribution in [3.05, 3.63) is 109 Å². The monoisotopic (exact) mass is 458 g/mol. The molecule has 3 aromatic carbocycles. The Labute approximate surface area is 207 Å². The first-order chi connectivity index (χ1) is 17.4. The SMILES string of the molecule is C1=C\CCC/C(CC2N(c3ccccc3)c3nc4ccccc4nc3N2c2ccccc2)=C\CC/1. The predicted octanol–water partition coefficient (Wildman–Crippen LogP) is 8.08. The van der Waals surface area contributed by atoms with Crippen molar-refractivity contribution in [2.75, 3.05) is 9.80 Å². The lowest BCUT2D eigenvalue weighted by Gasteiger charge is -2.33. The Balaban J connectivity index is 1.51. The highest BCUT2D eigenvalue weighted by Gasteiger charge is 2.40. The van der Waals surface area contributed by atoms with Crippen LogP contribution in [0.5, 0.6) is 0 Å². The van der Waals surface area contributed by atoms with Crippen LogP contribution in [-0.4, -0.2) is 16.1 Å². The molecule has 4 nitrogen and oxygen atoms in total. The molecule has 0 saturated carbocycles. The fourth-order valence-electron chi connectivity index (χ4n) is 5.24. The summed E-state index contributed by atoms with van der Waals surface area (Å²) < 4.78 is 0. The number of anilines is 4. The molecule has 0 N–H and O–H groups in total. The van der Waals surface area contributed by atoms with Gasteiger partial charge in [0.2, 0.25) is 0 Å². The van der Waals surface area contributed by atoms with Crippen LogP contribution in [0.2, 0.25) is 0 Å². The van der Waals surface area contributed by atoms with E-state index in [4.69, 9.17) is 9.97 Å². The molecule has 0 unspecified atom stereocenters. The van der Waals surface area contributed by atoms with E-state index in [1.807, 2.05) is 12.1 Å². The first-order valence-corrected chi connectivity index (χ1v) is 12.7. The smallest absolute Gasteiger partial charge is 0.179 e. The van der Waals surface area contributed by atoms with E-state index in [1.165, 1.54) is 12.0 Å². The standard InChI is InChI=1S/C31H30N4/c1-2-4-8-16-24(15-7-3-1)23-29-34(25-17-9-5-10-18-25)30-31(35(29)26-19-11-6-12-20-26)33-28-22-14-13-21-27(28)32-30/h1-2,5-6,9-15,17-22,29H,3-4,7-8,16,23H2/b2-1-,24-15+. The highest BCUT2D eigenvalue weighted by molar-refractivity contribution is 5.89. The van der Waals surface area contributed by atoms with Gasteiger partial charge in [0.15, 0.2) is 11.6 Å². The summed E-state index contributed by atoms with van der Waals surface area (Å²) in [5, 5.41) is 0. The van der Waals surface area contributed by atoms with Crippen molar-refractivity contribution in [3.63, 3.8) is 0 Å². The van der Waals surface area contributed by atoms with Gasteiger partial charge in [0.25, 0.3) is 0 Å². The lowest BCUT2D eigenvalue weighted by molar-refractivity contribution is 0.648. The number of nitrogens with zero attached hydrogens (tertiary/aromatic N) is 4. The molecule has 35 heavy (non-hydrogen) atoms. The molecule has 0 spiro atoms. The summed E-state index contributed by atoms with van der Waals surface area (Å²) in [6.45, 7) is 0. The highest BCUT2D eigenvalue weighted by Crippen LogP contribution is 2.47. The molecule has 4 heteroatoms. The van der Waals surface area contributed by atoms with Crippen molar-refractivity contribution < 1.29 is 0 Å². The fraction of sp³-hybridized carbons (Fsp3) is 0.226. The van der Waals surface area contributed by atoms with Crippen LogP contribution in [-0.2, 0) is 0 Å². The van der Waals surface area contributed by atoms with E-state index < -0.39 is 0 Å². The zero-order chi connectivity index (χ0) is 23.5. The Hall–Kier alpha value is -3.92. The molecule has 0 radical (unpaired) electrons. The summed E-state index contributed by atoms with van der Waals surface area (Å²) in [6.07, 6.45) is 13.8. The second-order valence-electron chi connectivity index (χ2n) is 9.26. The van der Waals surface area contributed by atoms with Gasteiger partial charge in [0.1, 0.15) is 6.17 Å². The lowest BCUT2D eigenvalue weighted by Crippen LogP contribution is -2.39. The Morgan fingerprint density at radius 2 is 1.17 bits per heavy atom. The molecular weight excluding hydrogens is 428 g/mol. The number of hydrogen-bond acceptors (Lipinski definition) is 4. The zero-order valence-electron chi connectivity index (χ0n) is 19.9. The molecular formula is C31H30N4. The highest BCUT2D eigenvalue weighted by atomic mass is 15.5. The maximum atomic E-state index is 5.17. The first-order valence-electron chi connectivity index (χ1n) is 12.7. The van der Waals surface area contributed by atoms with Crippen LogP contribution in [0.25, 0.3) is 11.0 Å². The molecule has 1 aromatic heterocycles. The summed E-state index contributed by atoms with van der Waals surface area (Å²) in [4.78, 5) is 15.1. The van der Waals surface area contributed by atoms with Gasteiger partial charge >= 0.3 is 0 Å². The first kappa shape index (κ1) is 21.6. The fourth-order valence-corrected chi connectivity index (χ4v) is 5.24. The van der Waals surface area contributed by atoms with Crippen LogP contribution in [0.4, 0.5) is 23.0 Å². The van der Waals surface area contributed by atoms with E-state index in [1.54, 1.807) is 0 Å². The topological polar surface area (TPSA) is 32.3 Å². The summed E-state index contributed by atoms with van der Waals surface area (Å²) in [6, 6.07) is 29.5. The van der Waals surface area contributed by atoms with Crippen molar-refractivity contribution in [1.82, 2.24) is 9.97 Å². The number of benzene rings is 3. The van der Waals surface area contributed by atoms with E-state index in [-0.39, 0.29) is 6.17 Å². The Bertz CT molecular complexity index is 1270. The molecule has 1 aliphatic heterocycles. The average molecular weight is 459 g/mol. The molecule has 0 amide bonds. The van der Waals surface area contributed by atoms with Crippen molar-refractivity contribution in [2.24, 2.45) is 0 Å². The Morgan fingerprint density at radius 3 is 1.77 bits per heavy atom. The third kappa shape index (κ3) is 4.32. The summed E-state index contributed by atoms with van der Waals surface area (Å²) >= 11 is 0. The van der Waals surface area contributed by atoms with Gasteiger partial charge in [-0.15, -0.1) is 0 Å². The van der Waals surface area contributed by atoms with Crippen LogP contribution < -0.4 is 9.80 Å². The minimum atomic E-state index is 0.0616. The van der Waals surface area contributed by atoms with E-state index in [0.717, 1.165) is 66.1 Å². The van der Waals surface area contributed by atoms with E-state index >= 15 is 0 Å². The molecule has 174 valence electrons. The third-order valence-electron chi connectivity index (χ3n) is 6.90. The second kappa shape index (κ2) is 9.75. The predicted molar refractivity (Wildman–Crippen MR) is 145 cm³/mol. The van der Waals surface area contributed by atoms with Gasteiger partial charge in [-0.05, 0) is 68.5 Å². The molecule has 2 heterocycles. The minimum Gasteiger partial charge on any atom is -0.302 e. The normalized spacial score (nSPS) is 18.9. The maximum absolute atomic E-state index is 5.17. The van der Waals surface area contributed by atoms with Crippen molar-refractivity contribution >= 4 is 34.0 Å². The van der Waals surface area contributed by atoms with Crippen molar-refractivity contribution in [3.8, 4) is 0 Å². The molecule has 6 rings (SSSR count).